The zero-order chi connectivity index (χ0) is 12.6. The molecule has 0 amide bonds. The van der Waals surface area contributed by atoms with Gasteiger partial charge in [0.1, 0.15) is 5.60 Å². The van der Waals surface area contributed by atoms with E-state index in [0.717, 1.165) is 19.3 Å². The van der Waals surface area contributed by atoms with Gasteiger partial charge in [0, 0.05) is 6.92 Å². The number of rotatable bonds is 10. The van der Waals surface area contributed by atoms with Crippen molar-refractivity contribution in [1.29, 1.82) is 0 Å². The lowest BCUT2D eigenvalue weighted by molar-refractivity contribution is -0.148. The molecule has 1 saturated carbocycles. The van der Waals surface area contributed by atoms with E-state index in [2.05, 4.69) is 6.92 Å². The van der Waals surface area contributed by atoms with Crippen molar-refractivity contribution in [2.24, 2.45) is 0 Å². The largest absolute Gasteiger partial charge is 0.459 e. The average Bonchev–Trinajstić information content (AvgIpc) is 3.01. The quantitative estimate of drug-likeness (QED) is 0.411. The van der Waals surface area contributed by atoms with Crippen LogP contribution in [-0.4, -0.2) is 11.6 Å². The molecule has 0 N–H and O–H groups in total. The topological polar surface area (TPSA) is 26.3 Å². The highest BCUT2D eigenvalue weighted by molar-refractivity contribution is 5.66. The van der Waals surface area contributed by atoms with Gasteiger partial charge in [-0.15, -0.1) is 0 Å². The Morgan fingerprint density at radius 1 is 1.00 bits per heavy atom. The summed E-state index contributed by atoms with van der Waals surface area (Å²) in [6, 6.07) is 0. The van der Waals surface area contributed by atoms with Gasteiger partial charge in [0.15, 0.2) is 0 Å². The van der Waals surface area contributed by atoms with E-state index in [9.17, 15) is 4.79 Å². The van der Waals surface area contributed by atoms with E-state index in [1.165, 1.54) is 58.3 Å². The summed E-state index contributed by atoms with van der Waals surface area (Å²) in [5, 5.41) is 0. The Hall–Kier alpha value is -0.530. The predicted molar refractivity (Wildman–Crippen MR) is 71.0 cm³/mol. The molecule has 1 rings (SSSR count). The van der Waals surface area contributed by atoms with E-state index in [1.807, 2.05) is 0 Å². The van der Waals surface area contributed by atoms with E-state index in [-0.39, 0.29) is 11.6 Å². The number of hydrogen-bond donors (Lipinski definition) is 0. The summed E-state index contributed by atoms with van der Waals surface area (Å²) in [5.41, 5.74) is -0.0337. The van der Waals surface area contributed by atoms with E-state index in [4.69, 9.17) is 4.74 Å². The summed E-state index contributed by atoms with van der Waals surface area (Å²) in [6.45, 7) is 3.78. The highest BCUT2D eigenvalue weighted by Crippen LogP contribution is 2.44. The molecule has 1 aliphatic rings. The van der Waals surface area contributed by atoms with Crippen LogP contribution >= 0.6 is 0 Å². The van der Waals surface area contributed by atoms with Crippen molar-refractivity contribution in [3.63, 3.8) is 0 Å². The summed E-state index contributed by atoms with van der Waals surface area (Å²) in [7, 11) is 0. The van der Waals surface area contributed by atoms with Crippen molar-refractivity contribution in [2.45, 2.75) is 90.1 Å². The summed E-state index contributed by atoms with van der Waals surface area (Å²) in [6.07, 6.45) is 14.0. The molecule has 0 aliphatic heterocycles. The van der Waals surface area contributed by atoms with Gasteiger partial charge in [0.25, 0.3) is 0 Å². The molecule has 0 unspecified atom stereocenters. The van der Waals surface area contributed by atoms with Crippen LogP contribution in [0.3, 0.4) is 0 Å². The molecule has 0 aromatic carbocycles. The van der Waals surface area contributed by atoms with E-state index < -0.39 is 0 Å². The average molecular weight is 240 g/mol. The Bertz CT molecular complexity index is 219. The van der Waals surface area contributed by atoms with Gasteiger partial charge in [0.05, 0.1) is 0 Å². The monoisotopic (exact) mass is 240 g/mol. The fraction of sp³-hybridized carbons (Fsp3) is 0.933. The molecule has 2 heteroatoms. The molecule has 0 aromatic rings. The molecule has 0 spiro atoms. The molecule has 100 valence electrons. The van der Waals surface area contributed by atoms with Gasteiger partial charge in [-0.05, 0) is 25.7 Å². The third kappa shape index (κ3) is 6.70. The summed E-state index contributed by atoms with van der Waals surface area (Å²) < 4.78 is 5.37. The van der Waals surface area contributed by atoms with Gasteiger partial charge >= 0.3 is 5.97 Å². The minimum atomic E-state index is -0.109. The van der Waals surface area contributed by atoms with Gasteiger partial charge in [-0.25, -0.2) is 0 Å². The van der Waals surface area contributed by atoms with Crippen LogP contribution < -0.4 is 0 Å². The van der Waals surface area contributed by atoms with Crippen molar-refractivity contribution in [3.8, 4) is 0 Å². The van der Waals surface area contributed by atoms with Crippen LogP contribution in [0.15, 0.2) is 0 Å². The Kier molecular flexibility index (Phi) is 6.61. The number of ether oxygens (including phenoxy) is 1. The molecule has 1 aliphatic carbocycles. The molecule has 17 heavy (non-hydrogen) atoms. The van der Waals surface area contributed by atoms with Crippen molar-refractivity contribution >= 4 is 5.97 Å². The molecule has 0 aromatic heterocycles. The lowest BCUT2D eigenvalue weighted by atomic mass is 10.0. The number of carbonyl (C=O) groups is 1. The molecule has 0 atom stereocenters. The first kappa shape index (κ1) is 14.5. The Balaban J connectivity index is 1.89. The minimum absolute atomic E-state index is 0.0337. The number of esters is 1. The smallest absolute Gasteiger partial charge is 0.303 e. The fourth-order valence-electron chi connectivity index (χ4n) is 2.43. The van der Waals surface area contributed by atoms with Crippen LogP contribution in [0.25, 0.3) is 0 Å². The summed E-state index contributed by atoms with van der Waals surface area (Å²) in [4.78, 5) is 10.9. The molecule has 1 fully saturated rings. The second-order valence-electron chi connectivity index (χ2n) is 5.50. The number of carbonyl (C=O) groups excluding carboxylic acids is 1. The zero-order valence-electron chi connectivity index (χ0n) is 11.6. The maximum absolute atomic E-state index is 10.9. The fourth-order valence-corrected chi connectivity index (χ4v) is 2.43. The van der Waals surface area contributed by atoms with Crippen LogP contribution in [0.1, 0.15) is 84.5 Å². The highest BCUT2D eigenvalue weighted by atomic mass is 16.6. The second kappa shape index (κ2) is 7.73. The number of unbranched alkanes of at least 4 members (excludes halogenated alkanes) is 7. The first-order valence-electron chi connectivity index (χ1n) is 7.38. The maximum atomic E-state index is 10.9. The van der Waals surface area contributed by atoms with Crippen molar-refractivity contribution < 1.29 is 9.53 Å². The highest BCUT2D eigenvalue weighted by Gasteiger charge is 2.45. The van der Waals surface area contributed by atoms with Gasteiger partial charge in [-0.2, -0.15) is 0 Å². The summed E-state index contributed by atoms with van der Waals surface area (Å²) >= 11 is 0. The van der Waals surface area contributed by atoms with Crippen molar-refractivity contribution in [2.75, 3.05) is 0 Å². The summed E-state index contributed by atoms with van der Waals surface area (Å²) in [5.74, 6) is -0.109. The van der Waals surface area contributed by atoms with E-state index in [0.29, 0.717) is 0 Å². The normalized spacial score (nSPS) is 16.8. The maximum Gasteiger partial charge on any atom is 0.303 e. The van der Waals surface area contributed by atoms with Gasteiger partial charge in [0.2, 0.25) is 0 Å². The molecule has 2 nitrogen and oxygen atoms in total. The molecular formula is C15H28O2. The SMILES string of the molecule is CCCCCCCCCCC1(OC(C)=O)CC1. The first-order valence-corrected chi connectivity index (χ1v) is 7.38. The molecular weight excluding hydrogens is 212 g/mol. The van der Waals surface area contributed by atoms with Crippen molar-refractivity contribution in [1.82, 2.24) is 0 Å². The first-order chi connectivity index (χ1) is 8.18. The molecule has 0 bridgehead atoms. The third-order valence-corrected chi connectivity index (χ3v) is 3.65. The minimum Gasteiger partial charge on any atom is -0.459 e. The van der Waals surface area contributed by atoms with Gasteiger partial charge in [-0.1, -0.05) is 51.9 Å². The number of hydrogen-bond acceptors (Lipinski definition) is 2. The van der Waals surface area contributed by atoms with Crippen LogP contribution in [0, 0.1) is 0 Å². The molecule has 0 radical (unpaired) electrons. The van der Waals surface area contributed by atoms with Crippen LogP contribution in [0.5, 0.6) is 0 Å². The van der Waals surface area contributed by atoms with E-state index in [1.54, 1.807) is 0 Å². The van der Waals surface area contributed by atoms with E-state index >= 15 is 0 Å². The van der Waals surface area contributed by atoms with Crippen LogP contribution in [-0.2, 0) is 9.53 Å². The van der Waals surface area contributed by atoms with Gasteiger partial charge in [-0.3, -0.25) is 4.79 Å². The van der Waals surface area contributed by atoms with Crippen molar-refractivity contribution in [3.05, 3.63) is 0 Å². The predicted octanol–water partition coefficient (Wildman–Crippen LogP) is 4.61. The van der Waals surface area contributed by atoms with Gasteiger partial charge < -0.3 is 4.74 Å². The molecule has 0 saturated heterocycles. The Morgan fingerprint density at radius 3 is 2.00 bits per heavy atom. The second-order valence-corrected chi connectivity index (χ2v) is 5.50. The molecule has 0 heterocycles. The standard InChI is InChI=1S/C15H28O2/c1-3-4-5-6-7-8-9-10-11-15(12-13-15)17-14(2)16/h3-13H2,1-2H3. The lowest BCUT2D eigenvalue weighted by Crippen LogP contribution is -2.17. The third-order valence-electron chi connectivity index (χ3n) is 3.65. The Labute approximate surface area is 106 Å². The van der Waals surface area contributed by atoms with Crippen LogP contribution in [0.4, 0.5) is 0 Å². The Morgan fingerprint density at radius 2 is 1.53 bits per heavy atom. The van der Waals surface area contributed by atoms with Crippen LogP contribution in [0.2, 0.25) is 0 Å². The zero-order valence-corrected chi connectivity index (χ0v) is 11.6. The lowest BCUT2D eigenvalue weighted by Gasteiger charge is -2.14.